The molecule has 0 atom stereocenters. The molecule has 1 fully saturated rings. The molecule has 1 aliphatic carbocycles. The fourth-order valence-electron chi connectivity index (χ4n) is 2.88. The number of nitrogens with one attached hydrogen (secondary N) is 1. The Bertz CT molecular complexity index is 939. The second-order valence-corrected chi connectivity index (χ2v) is 7.38. The number of ether oxygens (including phenoxy) is 1. The van der Waals surface area contributed by atoms with Crippen molar-refractivity contribution in [2.45, 2.75) is 23.9 Å². The molecule has 1 saturated carbocycles. The second-order valence-electron chi connectivity index (χ2n) is 6.39. The molecule has 3 aromatic rings. The number of amides is 1. The molecule has 0 spiro atoms. The number of thioether (sulfide) groups is 1. The minimum atomic E-state index is 0.0753. The molecule has 0 aliphatic heterocycles. The number of carbonyl (C=O) groups is 1. The van der Waals surface area contributed by atoms with Gasteiger partial charge in [-0.05, 0) is 42.2 Å². The van der Waals surface area contributed by atoms with Gasteiger partial charge in [0, 0.05) is 17.5 Å². The summed E-state index contributed by atoms with van der Waals surface area (Å²) in [5.74, 6) is 1.23. The van der Waals surface area contributed by atoms with E-state index in [1.165, 1.54) is 11.8 Å². The van der Waals surface area contributed by atoms with Gasteiger partial charge in [0.15, 0.2) is 0 Å². The second kappa shape index (κ2) is 7.38. The van der Waals surface area contributed by atoms with Crippen LogP contribution in [0, 0.1) is 0 Å². The fraction of sp³-hybridized carbons (Fsp3) is 0.238. The number of pyridine rings is 1. The van der Waals surface area contributed by atoms with Crippen LogP contribution >= 0.6 is 11.8 Å². The lowest BCUT2D eigenvalue weighted by atomic mass is 10.0. The van der Waals surface area contributed by atoms with E-state index in [2.05, 4.69) is 23.5 Å². The van der Waals surface area contributed by atoms with E-state index >= 15 is 0 Å². The third-order valence-corrected chi connectivity index (χ3v) is 5.28. The minimum Gasteiger partial charge on any atom is -0.497 e. The first-order chi connectivity index (χ1) is 12.7. The normalized spacial score (nSPS) is 13.6. The summed E-state index contributed by atoms with van der Waals surface area (Å²) in [6, 6.07) is 18.6. The predicted octanol–water partition coefficient (Wildman–Crippen LogP) is 4.28. The van der Waals surface area contributed by atoms with Gasteiger partial charge in [-0.25, -0.2) is 4.98 Å². The highest BCUT2D eigenvalue weighted by Gasteiger charge is 2.23. The van der Waals surface area contributed by atoms with Gasteiger partial charge in [0.25, 0.3) is 0 Å². The monoisotopic (exact) mass is 364 g/mol. The summed E-state index contributed by atoms with van der Waals surface area (Å²) in [5.41, 5.74) is 3.12. The summed E-state index contributed by atoms with van der Waals surface area (Å²) < 4.78 is 5.35. The molecule has 26 heavy (non-hydrogen) atoms. The number of fused-ring (bicyclic) bond motifs is 1. The smallest absolute Gasteiger partial charge is 0.230 e. The molecule has 132 valence electrons. The molecule has 1 amide bonds. The van der Waals surface area contributed by atoms with Crippen LogP contribution in [0.15, 0.2) is 59.6 Å². The molecule has 1 aromatic heterocycles. The van der Waals surface area contributed by atoms with E-state index in [1.807, 2.05) is 36.4 Å². The Morgan fingerprint density at radius 3 is 2.73 bits per heavy atom. The summed E-state index contributed by atoms with van der Waals surface area (Å²) >= 11 is 1.47. The first kappa shape index (κ1) is 16.9. The average Bonchev–Trinajstić information content (AvgIpc) is 3.49. The highest BCUT2D eigenvalue weighted by molar-refractivity contribution is 7.99. The van der Waals surface area contributed by atoms with Gasteiger partial charge in [0.2, 0.25) is 5.91 Å². The van der Waals surface area contributed by atoms with Crippen molar-refractivity contribution in [2.24, 2.45) is 0 Å². The predicted molar refractivity (Wildman–Crippen MR) is 106 cm³/mol. The van der Waals surface area contributed by atoms with Crippen LogP contribution in [0.2, 0.25) is 0 Å². The van der Waals surface area contributed by atoms with Crippen molar-refractivity contribution in [3.63, 3.8) is 0 Å². The van der Waals surface area contributed by atoms with Crippen LogP contribution in [-0.2, 0) is 4.79 Å². The SMILES string of the molecule is COc1ccc2c(-c3ccccc3)cc(SCC(=O)NC3CC3)nc2c1. The molecule has 1 heterocycles. The molecule has 0 radical (unpaired) electrons. The molecule has 4 rings (SSSR count). The van der Waals surface area contributed by atoms with Crippen molar-refractivity contribution in [3.05, 3.63) is 54.6 Å². The molecule has 1 N–H and O–H groups in total. The van der Waals surface area contributed by atoms with Gasteiger partial charge in [-0.3, -0.25) is 4.79 Å². The zero-order valence-electron chi connectivity index (χ0n) is 14.6. The summed E-state index contributed by atoms with van der Waals surface area (Å²) in [6.45, 7) is 0. The Morgan fingerprint density at radius 1 is 1.19 bits per heavy atom. The molecule has 0 saturated heterocycles. The lowest BCUT2D eigenvalue weighted by Crippen LogP contribution is -2.27. The number of rotatable bonds is 6. The zero-order valence-corrected chi connectivity index (χ0v) is 15.4. The molecular formula is C21H20N2O2S. The van der Waals surface area contributed by atoms with Crippen LogP contribution in [0.1, 0.15) is 12.8 Å². The van der Waals surface area contributed by atoms with Crippen LogP contribution in [0.25, 0.3) is 22.0 Å². The van der Waals surface area contributed by atoms with Crippen molar-refractivity contribution in [3.8, 4) is 16.9 Å². The third-order valence-electron chi connectivity index (χ3n) is 4.37. The van der Waals surface area contributed by atoms with Crippen LogP contribution in [0.5, 0.6) is 5.75 Å². The Balaban J connectivity index is 1.69. The van der Waals surface area contributed by atoms with Gasteiger partial charge in [-0.15, -0.1) is 0 Å². The van der Waals surface area contributed by atoms with Crippen LogP contribution in [0.4, 0.5) is 0 Å². The largest absolute Gasteiger partial charge is 0.497 e. The molecule has 4 nitrogen and oxygen atoms in total. The van der Waals surface area contributed by atoms with E-state index in [9.17, 15) is 4.79 Å². The first-order valence-electron chi connectivity index (χ1n) is 8.69. The summed E-state index contributed by atoms with van der Waals surface area (Å²) in [4.78, 5) is 16.7. The number of benzene rings is 2. The molecule has 0 unspecified atom stereocenters. The van der Waals surface area contributed by atoms with Crippen LogP contribution in [0.3, 0.4) is 0 Å². The van der Waals surface area contributed by atoms with Crippen molar-refractivity contribution in [1.29, 1.82) is 0 Å². The van der Waals surface area contributed by atoms with Gasteiger partial charge >= 0.3 is 0 Å². The number of aromatic nitrogens is 1. The maximum absolute atomic E-state index is 12.0. The van der Waals surface area contributed by atoms with E-state index < -0.39 is 0 Å². The Kier molecular flexibility index (Phi) is 4.80. The number of hydrogen-bond acceptors (Lipinski definition) is 4. The number of carbonyl (C=O) groups excluding carboxylic acids is 1. The fourth-order valence-corrected chi connectivity index (χ4v) is 3.60. The first-order valence-corrected chi connectivity index (χ1v) is 9.68. The zero-order chi connectivity index (χ0) is 17.9. The van der Waals surface area contributed by atoms with Crippen molar-refractivity contribution < 1.29 is 9.53 Å². The molecule has 1 aliphatic rings. The van der Waals surface area contributed by atoms with Gasteiger partial charge in [-0.1, -0.05) is 42.1 Å². The van der Waals surface area contributed by atoms with E-state index in [-0.39, 0.29) is 5.91 Å². The minimum absolute atomic E-state index is 0.0753. The Hall–Kier alpha value is -2.53. The molecule has 0 bridgehead atoms. The van der Waals surface area contributed by atoms with E-state index in [0.717, 1.165) is 45.6 Å². The van der Waals surface area contributed by atoms with Crippen molar-refractivity contribution in [2.75, 3.05) is 12.9 Å². The van der Waals surface area contributed by atoms with Gasteiger partial charge in [0.05, 0.1) is 23.4 Å². The lowest BCUT2D eigenvalue weighted by Gasteiger charge is -2.11. The van der Waals surface area contributed by atoms with Gasteiger partial charge in [-0.2, -0.15) is 0 Å². The number of nitrogens with zero attached hydrogens (tertiary/aromatic N) is 1. The Labute approximate surface area is 157 Å². The van der Waals surface area contributed by atoms with E-state index in [1.54, 1.807) is 7.11 Å². The number of hydrogen-bond donors (Lipinski definition) is 1. The maximum atomic E-state index is 12.0. The van der Waals surface area contributed by atoms with Gasteiger partial charge < -0.3 is 10.1 Å². The summed E-state index contributed by atoms with van der Waals surface area (Å²) in [6.07, 6.45) is 2.20. The summed E-state index contributed by atoms with van der Waals surface area (Å²) in [5, 5.41) is 4.93. The van der Waals surface area contributed by atoms with Gasteiger partial charge in [0.1, 0.15) is 5.75 Å². The van der Waals surface area contributed by atoms with E-state index in [4.69, 9.17) is 9.72 Å². The lowest BCUT2D eigenvalue weighted by molar-refractivity contribution is -0.118. The van der Waals surface area contributed by atoms with Crippen molar-refractivity contribution >= 4 is 28.6 Å². The molecule has 2 aromatic carbocycles. The Morgan fingerprint density at radius 2 is 2.00 bits per heavy atom. The maximum Gasteiger partial charge on any atom is 0.230 e. The quantitative estimate of drug-likeness (QED) is 0.663. The highest BCUT2D eigenvalue weighted by atomic mass is 32.2. The third kappa shape index (κ3) is 3.83. The highest BCUT2D eigenvalue weighted by Crippen LogP contribution is 2.33. The average molecular weight is 364 g/mol. The van der Waals surface area contributed by atoms with Crippen LogP contribution < -0.4 is 10.1 Å². The topological polar surface area (TPSA) is 51.2 Å². The molecule has 5 heteroatoms. The van der Waals surface area contributed by atoms with Crippen LogP contribution in [-0.4, -0.2) is 29.8 Å². The number of methoxy groups -OCH3 is 1. The van der Waals surface area contributed by atoms with Crippen molar-refractivity contribution in [1.82, 2.24) is 10.3 Å². The van der Waals surface area contributed by atoms with E-state index in [0.29, 0.717) is 11.8 Å². The standard InChI is InChI=1S/C21H20N2O2S/c1-25-16-9-10-17-18(14-5-3-2-4-6-14)12-21(23-19(17)11-16)26-13-20(24)22-15-7-8-15/h2-6,9-12,15H,7-8,13H2,1H3,(H,22,24). The summed E-state index contributed by atoms with van der Waals surface area (Å²) in [7, 11) is 1.65. The molecular weight excluding hydrogens is 344 g/mol.